The summed E-state index contributed by atoms with van der Waals surface area (Å²) in [5.74, 6) is 0.462. The zero-order valence-electron chi connectivity index (χ0n) is 20.2. The molecule has 0 radical (unpaired) electrons. The van der Waals surface area contributed by atoms with Crippen LogP contribution in [0.25, 0.3) is 22.2 Å². The van der Waals surface area contributed by atoms with Crippen molar-refractivity contribution < 1.29 is 17.9 Å². The number of benzene rings is 2. The van der Waals surface area contributed by atoms with Crippen LogP contribution >= 0.6 is 0 Å². The number of nitrogens with zero attached hydrogens (tertiary/aromatic N) is 1. The molecule has 5 rings (SSSR count). The molecule has 3 aromatic rings. The number of aromatic nitrogens is 1. The highest BCUT2D eigenvalue weighted by molar-refractivity contribution is 7.97. The van der Waals surface area contributed by atoms with Crippen molar-refractivity contribution in [3.05, 3.63) is 71.2 Å². The van der Waals surface area contributed by atoms with Crippen LogP contribution in [0.4, 0.5) is 11.4 Å². The van der Waals surface area contributed by atoms with Gasteiger partial charge in [0.15, 0.2) is 9.84 Å². The van der Waals surface area contributed by atoms with Gasteiger partial charge in [-0.15, -0.1) is 0 Å². The molecule has 0 saturated carbocycles. The second-order valence-electron chi connectivity index (χ2n) is 9.32. The fourth-order valence-electron chi connectivity index (χ4n) is 4.57. The van der Waals surface area contributed by atoms with Crippen molar-refractivity contribution in [2.45, 2.75) is 26.3 Å². The van der Waals surface area contributed by atoms with Crippen LogP contribution in [0.2, 0.25) is 0 Å². The number of hydrogen-bond acceptors (Lipinski definition) is 6. The minimum Gasteiger partial charge on any atom is -0.383 e. The normalized spacial score (nSPS) is 17.4. The van der Waals surface area contributed by atoms with Gasteiger partial charge < -0.3 is 25.3 Å². The van der Waals surface area contributed by atoms with Crippen molar-refractivity contribution in [1.82, 2.24) is 9.88 Å². The third kappa shape index (κ3) is 5.80. The number of H-pyrrole nitrogens is 1. The Labute approximate surface area is 210 Å². The van der Waals surface area contributed by atoms with Crippen molar-refractivity contribution in [2.24, 2.45) is 5.92 Å². The smallest absolute Gasteiger partial charge is 0.221 e. The molecule has 8 nitrogen and oxygen atoms in total. The molecule has 3 N–H and O–H groups in total. The number of rotatable bonds is 7. The summed E-state index contributed by atoms with van der Waals surface area (Å²) in [6.07, 6.45) is 5.27. The van der Waals surface area contributed by atoms with Crippen molar-refractivity contribution >= 4 is 38.0 Å². The number of fused-ring (bicyclic) bond motifs is 1. The predicted octanol–water partition coefficient (Wildman–Crippen LogP) is 4.80. The maximum Gasteiger partial charge on any atom is 0.221 e. The first-order valence-corrected chi connectivity index (χ1v) is 13.7. The molecule has 1 aromatic heterocycles. The van der Waals surface area contributed by atoms with Gasteiger partial charge in [0.2, 0.25) is 5.91 Å². The second kappa shape index (κ2) is 10.2. The molecule has 188 valence electrons. The Morgan fingerprint density at radius 1 is 1.08 bits per heavy atom. The quantitative estimate of drug-likeness (QED) is 0.425. The molecule has 2 aliphatic rings. The molecule has 0 spiro atoms. The largest absolute Gasteiger partial charge is 0.383 e. The number of sulfone groups is 1. The Bertz CT molecular complexity index is 1400. The zero-order chi connectivity index (χ0) is 25.1. The average Bonchev–Trinajstić information content (AvgIpc) is 3.29. The molecule has 1 amide bonds. The third-order valence-corrected chi connectivity index (χ3v) is 7.48. The van der Waals surface area contributed by atoms with Gasteiger partial charge in [-0.2, -0.15) is 0 Å². The highest BCUT2D eigenvalue weighted by atomic mass is 32.2. The van der Waals surface area contributed by atoms with E-state index in [9.17, 15) is 13.2 Å². The second-order valence-corrected chi connectivity index (χ2v) is 11.0. The molecule has 1 saturated heterocycles. The molecule has 9 heteroatoms. The summed E-state index contributed by atoms with van der Waals surface area (Å²) >= 11 is 0. The van der Waals surface area contributed by atoms with Gasteiger partial charge in [0.05, 0.1) is 22.0 Å². The first-order valence-electron chi connectivity index (χ1n) is 12.1. The van der Waals surface area contributed by atoms with E-state index in [2.05, 4.69) is 33.8 Å². The lowest BCUT2D eigenvalue weighted by Gasteiger charge is -2.23. The summed E-state index contributed by atoms with van der Waals surface area (Å²) in [5, 5.41) is 9.96. The molecular formula is C27H30N4O4S. The van der Waals surface area contributed by atoms with E-state index in [1.165, 1.54) is 17.7 Å². The molecule has 2 aliphatic heterocycles. The van der Waals surface area contributed by atoms with Gasteiger partial charge in [0.1, 0.15) is 0 Å². The SMILES string of the molecule is CC(=O)Nc1ccc(-c2cc3cc(CN4C=CS(=O)(=O)C=C4)cc(NCC4CCOCC4)c3[nH]2)cc1. The first-order chi connectivity index (χ1) is 17.3. The Balaban J connectivity index is 1.44. The fraction of sp³-hybridized carbons (Fsp3) is 0.296. The Kier molecular flexibility index (Phi) is 6.84. The van der Waals surface area contributed by atoms with Gasteiger partial charge in [0.25, 0.3) is 0 Å². The molecular weight excluding hydrogens is 476 g/mol. The highest BCUT2D eigenvalue weighted by Gasteiger charge is 2.16. The lowest BCUT2D eigenvalue weighted by atomic mass is 10.00. The van der Waals surface area contributed by atoms with E-state index in [-0.39, 0.29) is 5.91 Å². The molecule has 36 heavy (non-hydrogen) atoms. The van der Waals surface area contributed by atoms with Gasteiger partial charge in [-0.3, -0.25) is 4.79 Å². The summed E-state index contributed by atoms with van der Waals surface area (Å²) in [5.41, 5.74) is 5.87. The molecule has 0 aliphatic carbocycles. The number of hydrogen-bond donors (Lipinski definition) is 3. The maximum absolute atomic E-state index is 11.7. The number of carbonyl (C=O) groups is 1. The van der Waals surface area contributed by atoms with Crippen molar-refractivity contribution in [1.29, 1.82) is 0 Å². The van der Waals surface area contributed by atoms with Crippen LogP contribution in [-0.2, 0) is 25.9 Å². The summed E-state index contributed by atoms with van der Waals surface area (Å²) in [6.45, 7) is 4.52. The fourth-order valence-corrected chi connectivity index (χ4v) is 5.31. The van der Waals surface area contributed by atoms with Crippen LogP contribution in [-0.4, -0.2) is 44.0 Å². The lowest BCUT2D eigenvalue weighted by molar-refractivity contribution is -0.114. The minimum absolute atomic E-state index is 0.0999. The van der Waals surface area contributed by atoms with Crippen LogP contribution in [0.1, 0.15) is 25.3 Å². The topological polar surface area (TPSA) is 104 Å². The van der Waals surface area contributed by atoms with Crippen molar-refractivity contribution in [3.63, 3.8) is 0 Å². The van der Waals surface area contributed by atoms with Crippen molar-refractivity contribution in [3.8, 4) is 11.3 Å². The summed E-state index contributed by atoms with van der Waals surface area (Å²) in [7, 11) is -3.26. The molecule has 3 heterocycles. The lowest BCUT2D eigenvalue weighted by Crippen LogP contribution is -2.22. The van der Waals surface area contributed by atoms with Crippen LogP contribution in [0.5, 0.6) is 0 Å². The summed E-state index contributed by atoms with van der Waals surface area (Å²) in [4.78, 5) is 16.8. The van der Waals surface area contributed by atoms with Crippen LogP contribution < -0.4 is 10.6 Å². The monoisotopic (exact) mass is 506 g/mol. The van der Waals surface area contributed by atoms with E-state index < -0.39 is 9.84 Å². The highest BCUT2D eigenvalue weighted by Crippen LogP contribution is 2.32. The van der Waals surface area contributed by atoms with E-state index in [0.29, 0.717) is 12.5 Å². The Morgan fingerprint density at radius 2 is 1.81 bits per heavy atom. The number of anilines is 2. The standard InChI is InChI=1S/C27H30N4O4S/c1-19(32)29-24-4-2-22(3-5-24)25-16-23-14-21(18-31-8-12-36(33,34)13-9-31)15-26(27(23)30-25)28-17-20-6-10-35-11-7-20/h2-5,8-9,12-16,20,28,30H,6-7,10-11,17-18H2,1H3,(H,29,32). The van der Waals surface area contributed by atoms with E-state index >= 15 is 0 Å². The van der Waals surface area contributed by atoms with Crippen molar-refractivity contribution in [2.75, 3.05) is 30.4 Å². The minimum atomic E-state index is -3.26. The predicted molar refractivity (Wildman–Crippen MR) is 143 cm³/mol. The average molecular weight is 507 g/mol. The van der Waals surface area contributed by atoms with Gasteiger partial charge in [-0.25, -0.2) is 8.42 Å². The third-order valence-electron chi connectivity index (χ3n) is 6.48. The molecule has 0 bridgehead atoms. The van der Waals surface area contributed by atoms with Gasteiger partial charge >= 0.3 is 0 Å². The maximum atomic E-state index is 11.7. The number of nitrogens with one attached hydrogen (secondary N) is 3. The van der Waals surface area contributed by atoms with Crippen LogP contribution in [0, 0.1) is 5.92 Å². The number of carbonyl (C=O) groups excluding carboxylic acids is 1. The van der Waals surface area contributed by atoms with E-state index in [1.807, 2.05) is 29.2 Å². The zero-order valence-corrected chi connectivity index (χ0v) is 21.0. The number of ether oxygens (including phenoxy) is 1. The first kappa shape index (κ1) is 24.1. The molecule has 0 unspecified atom stereocenters. The van der Waals surface area contributed by atoms with Gasteiger partial charge in [-0.1, -0.05) is 12.1 Å². The molecule has 2 aromatic carbocycles. The Hall–Kier alpha value is -3.56. The molecule has 1 fully saturated rings. The van der Waals surface area contributed by atoms with E-state index in [0.717, 1.165) is 71.7 Å². The van der Waals surface area contributed by atoms with E-state index in [1.54, 1.807) is 12.4 Å². The summed E-state index contributed by atoms with van der Waals surface area (Å²) in [6, 6.07) is 14.1. The van der Waals surface area contributed by atoms with Gasteiger partial charge in [0, 0.05) is 62.4 Å². The van der Waals surface area contributed by atoms with Crippen LogP contribution in [0.3, 0.4) is 0 Å². The molecule has 0 atom stereocenters. The summed E-state index contributed by atoms with van der Waals surface area (Å²) < 4.78 is 28.9. The van der Waals surface area contributed by atoms with E-state index in [4.69, 9.17) is 4.74 Å². The Morgan fingerprint density at radius 3 is 2.50 bits per heavy atom. The van der Waals surface area contributed by atoms with Crippen LogP contribution in [0.15, 0.2) is 65.7 Å². The van der Waals surface area contributed by atoms with Gasteiger partial charge in [-0.05, 0) is 60.2 Å². The number of aromatic amines is 1. The number of amides is 1.